The smallest absolute Gasteiger partial charge is 0.310 e. The van der Waals surface area contributed by atoms with E-state index in [-0.39, 0.29) is 5.97 Å². The minimum absolute atomic E-state index is 0.267. The molecule has 0 N–H and O–H groups in total. The molecular formula is C20H20BrClO3. The van der Waals surface area contributed by atoms with Gasteiger partial charge in [0.1, 0.15) is 18.1 Å². The molecule has 1 aliphatic rings. The van der Waals surface area contributed by atoms with Gasteiger partial charge in [-0.1, -0.05) is 46.6 Å². The molecule has 0 unspecified atom stereocenters. The third kappa shape index (κ3) is 4.36. The van der Waals surface area contributed by atoms with Gasteiger partial charge in [-0.2, -0.15) is 0 Å². The van der Waals surface area contributed by atoms with Crippen LogP contribution in [0.3, 0.4) is 0 Å². The molecule has 0 aromatic heterocycles. The second-order valence-electron chi connectivity index (χ2n) is 6.25. The van der Waals surface area contributed by atoms with Gasteiger partial charge >= 0.3 is 5.97 Å². The maximum absolute atomic E-state index is 11.7. The normalized spacial score (nSPS) is 13.6. The predicted octanol–water partition coefficient (Wildman–Crippen LogP) is 6.18. The molecule has 0 atom stereocenters. The van der Waals surface area contributed by atoms with Gasteiger partial charge in [-0.05, 0) is 55.0 Å². The van der Waals surface area contributed by atoms with E-state index >= 15 is 0 Å². The van der Waals surface area contributed by atoms with E-state index in [0.29, 0.717) is 29.7 Å². The number of benzene rings is 2. The Bertz CT molecular complexity index is 800. The lowest BCUT2D eigenvalue weighted by Gasteiger charge is -2.16. The highest BCUT2D eigenvalue weighted by Gasteiger charge is 2.27. The minimum Gasteiger partial charge on any atom is -0.488 e. The van der Waals surface area contributed by atoms with E-state index in [1.165, 1.54) is 18.4 Å². The van der Waals surface area contributed by atoms with Crippen molar-refractivity contribution in [3.8, 4) is 11.5 Å². The molecule has 1 fully saturated rings. The predicted molar refractivity (Wildman–Crippen MR) is 103 cm³/mol. The monoisotopic (exact) mass is 422 g/mol. The lowest BCUT2D eigenvalue weighted by Crippen LogP contribution is -2.09. The standard InChI is InChI=1S/C20H20BrClO3/c1-3-20(23)25-18-6-4-5-16(21)15(18)11-24-19-10-17(22)12(2)9-14(19)13-7-8-13/h4-6,9-10,13H,3,7-8,11H2,1-2H3. The van der Waals surface area contributed by atoms with E-state index in [9.17, 15) is 4.79 Å². The van der Waals surface area contributed by atoms with Gasteiger partial charge in [0, 0.05) is 21.5 Å². The van der Waals surface area contributed by atoms with Crippen LogP contribution < -0.4 is 9.47 Å². The van der Waals surface area contributed by atoms with Gasteiger partial charge < -0.3 is 9.47 Å². The van der Waals surface area contributed by atoms with E-state index < -0.39 is 0 Å². The third-order valence-corrected chi connectivity index (χ3v) is 5.42. The molecule has 0 radical (unpaired) electrons. The summed E-state index contributed by atoms with van der Waals surface area (Å²) in [5, 5.41) is 0.698. The van der Waals surface area contributed by atoms with Gasteiger partial charge in [-0.15, -0.1) is 0 Å². The summed E-state index contributed by atoms with van der Waals surface area (Å²) in [6, 6.07) is 9.53. The molecule has 3 rings (SSSR count). The molecule has 1 aliphatic carbocycles. The summed E-state index contributed by atoms with van der Waals surface area (Å²) in [5.41, 5.74) is 3.08. The topological polar surface area (TPSA) is 35.5 Å². The summed E-state index contributed by atoms with van der Waals surface area (Å²) < 4.78 is 12.4. The quantitative estimate of drug-likeness (QED) is 0.411. The molecule has 1 saturated carbocycles. The summed E-state index contributed by atoms with van der Waals surface area (Å²) in [4.78, 5) is 11.7. The Hall–Kier alpha value is -1.52. The van der Waals surface area contributed by atoms with Gasteiger partial charge in [-0.3, -0.25) is 4.79 Å². The average molecular weight is 424 g/mol. The molecule has 0 bridgehead atoms. The lowest BCUT2D eigenvalue weighted by molar-refractivity contribution is -0.134. The van der Waals surface area contributed by atoms with Gasteiger partial charge in [0.15, 0.2) is 0 Å². The molecule has 5 heteroatoms. The molecule has 2 aromatic carbocycles. The van der Waals surface area contributed by atoms with Gasteiger partial charge in [0.25, 0.3) is 0 Å². The van der Waals surface area contributed by atoms with Crippen LogP contribution in [0.5, 0.6) is 11.5 Å². The number of rotatable bonds is 6. The fraction of sp³-hybridized carbons (Fsp3) is 0.350. The second kappa shape index (κ2) is 7.79. The molecule has 132 valence electrons. The number of esters is 1. The number of ether oxygens (including phenoxy) is 2. The Kier molecular flexibility index (Phi) is 5.70. The fourth-order valence-electron chi connectivity index (χ4n) is 2.64. The zero-order chi connectivity index (χ0) is 18.0. The van der Waals surface area contributed by atoms with E-state index in [2.05, 4.69) is 22.0 Å². The van der Waals surface area contributed by atoms with Crippen LogP contribution in [-0.2, 0) is 11.4 Å². The molecule has 0 heterocycles. The van der Waals surface area contributed by atoms with Gasteiger partial charge in [-0.25, -0.2) is 0 Å². The van der Waals surface area contributed by atoms with Crippen molar-refractivity contribution in [3.63, 3.8) is 0 Å². The van der Waals surface area contributed by atoms with Crippen LogP contribution in [0.25, 0.3) is 0 Å². The summed E-state index contributed by atoms with van der Waals surface area (Å²) >= 11 is 9.81. The zero-order valence-electron chi connectivity index (χ0n) is 14.3. The maximum Gasteiger partial charge on any atom is 0.310 e. The highest BCUT2D eigenvalue weighted by Crippen LogP contribution is 2.46. The zero-order valence-corrected chi connectivity index (χ0v) is 16.6. The number of aryl methyl sites for hydroxylation is 1. The van der Waals surface area contributed by atoms with Crippen LogP contribution in [-0.4, -0.2) is 5.97 Å². The van der Waals surface area contributed by atoms with Crippen LogP contribution in [0.1, 0.15) is 48.8 Å². The molecule has 25 heavy (non-hydrogen) atoms. The maximum atomic E-state index is 11.7. The highest BCUT2D eigenvalue weighted by molar-refractivity contribution is 9.10. The summed E-state index contributed by atoms with van der Waals surface area (Å²) in [6.07, 6.45) is 2.70. The fourth-order valence-corrected chi connectivity index (χ4v) is 3.26. The Morgan fingerprint density at radius 1 is 1.28 bits per heavy atom. The van der Waals surface area contributed by atoms with Crippen molar-refractivity contribution in [1.29, 1.82) is 0 Å². The summed E-state index contributed by atoms with van der Waals surface area (Å²) in [6.45, 7) is 4.08. The molecule has 0 amide bonds. The first-order chi connectivity index (χ1) is 12.0. The van der Waals surface area contributed by atoms with Crippen molar-refractivity contribution in [2.45, 2.75) is 45.6 Å². The first-order valence-corrected chi connectivity index (χ1v) is 9.57. The SMILES string of the molecule is CCC(=O)Oc1cccc(Br)c1COc1cc(Cl)c(C)cc1C1CC1. The molecule has 0 saturated heterocycles. The second-order valence-corrected chi connectivity index (χ2v) is 7.51. The van der Waals surface area contributed by atoms with Crippen LogP contribution in [0.4, 0.5) is 0 Å². The van der Waals surface area contributed by atoms with Crippen LogP contribution in [0.2, 0.25) is 5.02 Å². The largest absolute Gasteiger partial charge is 0.488 e. The van der Waals surface area contributed by atoms with Crippen molar-refractivity contribution in [1.82, 2.24) is 0 Å². The number of carbonyl (C=O) groups is 1. The molecule has 2 aromatic rings. The van der Waals surface area contributed by atoms with Gasteiger partial charge in [0.05, 0.1) is 0 Å². The molecule has 0 spiro atoms. The Morgan fingerprint density at radius 3 is 2.72 bits per heavy atom. The Balaban J connectivity index is 1.85. The van der Waals surface area contributed by atoms with E-state index in [1.807, 2.05) is 25.1 Å². The van der Waals surface area contributed by atoms with Gasteiger partial charge in [0.2, 0.25) is 0 Å². The Morgan fingerprint density at radius 2 is 2.04 bits per heavy atom. The van der Waals surface area contributed by atoms with E-state index in [1.54, 1.807) is 13.0 Å². The van der Waals surface area contributed by atoms with E-state index in [0.717, 1.165) is 21.3 Å². The highest BCUT2D eigenvalue weighted by atomic mass is 79.9. The molecule has 3 nitrogen and oxygen atoms in total. The number of carbonyl (C=O) groups excluding carboxylic acids is 1. The first-order valence-electron chi connectivity index (χ1n) is 8.40. The first kappa shape index (κ1) is 18.3. The molecular weight excluding hydrogens is 404 g/mol. The number of halogens is 2. The lowest BCUT2D eigenvalue weighted by atomic mass is 10.1. The van der Waals surface area contributed by atoms with Crippen molar-refractivity contribution in [2.24, 2.45) is 0 Å². The van der Waals surface area contributed by atoms with Crippen LogP contribution in [0, 0.1) is 6.92 Å². The van der Waals surface area contributed by atoms with Crippen LogP contribution >= 0.6 is 27.5 Å². The minimum atomic E-state index is -0.267. The van der Waals surface area contributed by atoms with Crippen LogP contribution in [0.15, 0.2) is 34.8 Å². The summed E-state index contributed by atoms with van der Waals surface area (Å²) in [5.74, 6) is 1.62. The number of hydrogen-bond acceptors (Lipinski definition) is 3. The molecule has 0 aliphatic heterocycles. The van der Waals surface area contributed by atoms with Crippen molar-refractivity contribution < 1.29 is 14.3 Å². The average Bonchev–Trinajstić information content (AvgIpc) is 3.42. The number of hydrogen-bond donors (Lipinski definition) is 0. The summed E-state index contributed by atoms with van der Waals surface area (Å²) in [7, 11) is 0. The Labute approximate surface area is 161 Å². The van der Waals surface area contributed by atoms with Crippen molar-refractivity contribution >= 4 is 33.5 Å². The third-order valence-electron chi connectivity index (χ3n) is 4.27. The van der Waals surface area contributed by atoms with Crippen molar-refractivity contribution in [2.75, 3.05) is 0 Å². The van der Waals surface area contributed by atoms with E-state index in [4.69, 9.17) is 21.1 Å². The van der Waals surface area contributed by atoms with Crippen molar-refractivity contribution in [3.05, 3.63) is 56.5 Å².